The number of nitrogens with one attached hydrogen (secondary N) is 1. The molecule has 0 spiro atoms. The predicted molar refractivity (Wildman–Crippen MR) is 73.3 cm³/mol. The Morgan fingerprint density at radius 1 is 1.05 bits per heavy atom. The Hall–Kier alpha value is -1.88. The molecule has 5 heteroatoms. The van der Waals surface area contributed by atoms with Crippen molar-refractivity contribution in [2.45, 2.75) is 11.4 Å². The number of sulfone groups is 1. The Morgan fingerprint density at radius 2 is 1.68 bits per heavy atom. The predicted octanol–water partition coefficient (Wildman–Crippen LogP) is 2.84. The highest BCUT2D eigenvalue weighted by molar-refractivity contribution is 7.90. The first-order valence-electron chi connectivity index (χ1n) is 5.74. The average molecular weight is 279 g/mol. The van der Waals surface area contributed by atoms with Gasteiger partial charge in [-0.3, -0.25) is 0 Å². The number of rotatable bonds is 4. The van der Waals surface area contributed by atoms with Crippen molar-refractivity contribution in [3.8, 4) is 0 Å². The highest BCUT2D eigenvalue weighted by Crippen LogP contribution is 2.15. The molecule has 100 valence electrons. The van der Waals surface area contributed by atoms with Gasteiger partial charge < -0.3 is 5.32 Å². The van der Waals surface area contributed by atoms with Crippen molar-refractivity contribution >= 4 is 15.5 Å². The van der Waals surface area contributed by atoms with Crippen molar-refractivity contribution < 1.29 is 12.8 Å². The summed E-state index contributed by atoms with van der Waals surface area (Å²) >= 11 is 0. The molecule has 1 N–H and O–H groups in total. The molecule has 0 bridgehead atoms. The molecule has 0 aliphatic carbocycles. The van der Waals surface area contributed by atoms with Crippen LogP contribution in [0.15, 0.2) is 53.4 Å². The SMILES string of the molecule is CS(=O)(=O)c1ccc(NCc2ccccc2F)cc1. The molecule has 0 saturated carbocycles. The van der Waals surface area contributed by atoms with E-state index in [0.29, 0.717) is 12.1 Å². The van der Waals surface area contributed by atoms with Crippen LogP contribution in [0.2, 0.25) is 0 Å². The van der Waals surface area contributed by atoms with Crippen LogP contribution < -0.4 is 5.32 Å². The Balaban J connectivity index is 2.07. The number of hydrogen-bond acceptors (Lipinski definition) is 3. The number of anilines is 1. The highest BCUT2D eigenvalue weighted by atomic mass is 32.2. The summed E-state index contributed by atoms with van der Waals surface area (Å²) in [7, 11) is -3.18. The molecule has 0 heterocycles. The Kier molecular flexibility index (Phi) is 3.85. The van der Waals surface area contributed by atoms with E-state index < -0.39 is 9.84 Å². The monoisotopic (exact) mass is 279 g/mol. The van der Waals surface area contributed by atoms with Gasteiger partial charge in [-0.15, -0.1) is 0 Å². The first-order valence-corrected chi connectivity index (χ1v) is 7.63. The van der Waals surface area contributed by atoms with Crippen molar-refractivity contribution in [2.75, 3.05) is 11.6 Å². The van der Waals surface area contributed by atoms with Gasteiger partial charge in [0, 0.05) is 24.1 Å². The van der Waals surface area contributed by atoms with Crippen LogP contribution in [-0.4, -0.2) is 14.7 Å². The van der Waals surface area contributed by atoms with Gasteiger partial charge in [-0.1, -0.05) is 18.2 Å². The minimum Gasteiger partial charge on any atom is -0.381 e. The van der Waals surface area contributed by atoms with Gasteiger partial charge in [-0.05, 0) is 30.3 Å². The van der Waals surface area contributed by atoms with E-state index in [1.807, 2.05) is 0 Å². The fourth-order valence-corrected chi connectivity index (χ4v) is 2.29. The van der Waals surface area contributed by atoms with E-state index in [1.54, 1.807) is 30.3 Å². The highest BCUT2D eigenvalue weighted by Gasteiger charge is 2.06. The van der Waals surface area contributed by atoms with E-state index >= 15 is 0 Å². The Morgan fingerprint density at radius 3 is 2.26 bits per heavy atom. The minimum atomic E-state index is -3.18. The van der Waals surface area contributed by atoms with Gasteiger partial charge in [0.1, 0.15) is 5.82 Å². The largest absolute Gasteiger partial charge is 0.381 e. The van der Waals surface area contributed by atoms with Crippen LogP contribution in [0.3, 0.4) is 0 Å². The quantitative estimate of drug-likeness (QED) is 0.936. The molecule has 0 aliphatic rings. The van der Waals surface area contributed by atoms with Gasteiger partial charge in [0.15, 0.2) is 9.84 Å². The maximum atomic E-state index is 13.4. The first-order chi connectivity index (χ1) is 8.97. The van der Waals surface area contributed by atoms with Crippen molar-refractivity contribution in [3.05, 3.63) is 59.9 Å². The van der Waals surface area contributed by atoms with E-state index in [0.717, 1.165) is 11.9 Å². The first kappa shape index (κ1) is 13.5. The number of benzene rings is 2. The fourth-order valence-electron chi connectivity index (χ4n) is 1.66. The van der Waals surface area contributed by atoms with E-state index in [9.17, 15) is 12.8 Å². The molecule has 0 aliphatic heterocycles. The van der Waals surface area contributed by atoms with Crippen LogP contribution >= 0.6 is 0 Å². The zero-order valence-corrected chi connectivity index (χ0v) is 11.2. The van der Waals surface area contributed by atoms with E-state index in [1.165, 1.54) is 18.2 Å². The van der Waals surface area contributed by atoms with Crippen molar-refractivity contribution in [1.29, 1.82) is 0 Å². The third-order valence-corrected chi connectivity index (χ3v) is 3.85. The number of hydrogen-bond donors (Lipinski definition) is 1. The van der Waals surface area contributed by atoms with E-state index in [-0.39, 0.29) is 10.7 Å². The Labute approximate surface area is 112 Å². The molecule has 0 unspecified atom stereocenters. The molecule has 2 aromatic rings. The van der Waals surface area contributed by atoms with Crippen LogP contribution in [0.1, 0.15) is 5.56 Å². The molecule has 0 fully saturated rings. The van der Waals surface area contributed by atoms with Gasteiger partial charge in [-0.2, -0.15) is 0 Å². The maximum absolute atomic E-state index is 13.4. The fraction of sp³-hybridized carbons (Fsp3) is 0.143. The zero-order chi connectivity index (χ0) is 13.9. The van der Waals surface area contributed by atoms with Crippen molar-refractivity contribution in [3.63, 3.8) is 0 Å². The maximum Gasteiger partial charge on any atom is 0.175 e. The summed E-state index contributed by atoms with van der Waals surface area (Å²) in [5, 5.41) is 3.05. The summed E-state index contributed by atoms with van der Waals surface area (Å²) in [6.45, 7) is 0.352. The third kappa shape index (κ3) is 3.54. The van der Waals surface area contributed by atoms with Crippen LogP contribution in [0.5, 0.6) is 0 Å². The van der Waals surface area contributed by atoms with Crippen LogP contribution in [0.4, 0.5) is 10.1 Å². The van der Waals surface area contributed by atoms with E-state index in [2.05, 4.69) is 5.32 Å². The molecular weight excluding hydrogens is 265 g/mol. The average Bonchev–Trinajstić information content (AvgIpc) is 2.37. The molecule has 19 heavy (non-hydrogen) atoms. The molecule has 2 aromatic carbocycles. The van der Waals surface area contributed by atoms with Gasteiger partial charge in [0.25, 0.3) is 0 Å². The van der Waals surface area contributed by atoms with Gasteiger partial charge in [0.2, 0.25) is 0 Å². The summed E-state index contributed by atoms with van der Waals surface area (Å²) in [5.74, 6) is -0.261. The second-order valence-electron chi connectivity index (χ2n) is 4.24. The second-order valence-corrected chi connectivity index (χ2v) is 6.26. The molecule has 0 atom stereocenters. The molecule has 0 saturated heterocycles. The smallest absolute Gasteiger partial charge is 0.175 e. The Bertz CT molecular complexity index is 666. The van der Waals surface area contributed by atoms with Crippen LogP contribution in [-0.2, 0) is 16.4 Å². The van der Waals surface area contributed by atoms with Gasteiger partial charge in [0.05, 0.1) is 4.90 Å². The third-order valence-electron chi connectivity index (χ3n) is 2.72. The summed E-state index contributed by atoms with van der Waals surface area (Å²) in [6, 6.07) is 12.9. The summed E-state index contributed by atoms with van der Waals surface area (Å²) in [5.41, 5.74) is 1.31. The summed E-state index contributed by atoms with van der Waals surface area (Å²) in [6.07, 6.45) is 1.16. The zero-order valence-electron chi connectivity index (χ0n) is 10.4. The molecule has 3 nitrogen and oxygen atoms in total. The number of halogens is 1. The molecule has 0 radical (unpaired) electrons. The standard InChI is InChI=1S/C14H14FNO2S/c1-19(17,18)13-8-6-12(7-9-13)16-10-11-4-2-3-5-14(11)15/h2-9,16H,10H2,1H3. The molecule has 0 amide bonds. The second kappa shape index (κ2) is 5.40. The van der Waals surface area contributed by atoms with Crippen molar-refractivity contribution in [1.82, 2.24) is 0 Å². The van der Waals surface area contributed by atoms with E-state index in [4.69, 9.17) is 0 Å². The lowest BCUT2D eigenvalue weighted by Gasteiger charge is -2.08. The summed E-state index contributed by atoms with van der Waals surface area (Å²) in [4.78, 5) is 0.268. The topological polar surface area (TPSA) is 46.2 Å². The normalized spacial score (nSPS) is 11.3. The van der Waals surface area contributed by atoms with Gasteiger partial charge >= 0.3 is 0 Å². The van der Waals surface area contributed by atoms with Gasteiger partial charge in [-0.25, -0.2) is 12.8 Å². The van der Waals surface area contributed by atoms with Crippen LogP contribution in [0.25, 0.3) is 0 Å². The summed E-state index contributed by atoms with van der Waals surface area (Å²) < 4.78 is 36.0. The van der Waals surface area contributed by atoms with Crippen molar-refractivity contribution in [2.24, 2.45) is 0 Å². The lowest BCUT2D eigenvalue weighted by molar-refractivity contribution is 0.602. The molecular formula is C14H14FNO2S. The minimum absolute atomic E-state index is 0.261. The molecule has 0 aromatic heterocycles. The lowest BCUT2D eigenvalue weighted by atomic mass is 10.2. The van der Waals surface area contributed by atoms with Crippen LogP contribution in [0, 0.1) is 5.82 Å². The molecule has 2 rings (SSSR count). The lowest BCUT2D eigenvalue weighted by Crippen LogP contribution is -2.02.